The molecule has 1 aromatic carbocycles. The van der Waals surface area contributed by atoms with Crippen LogP contribution in [0.15, 0.2) is 30.3 Å². The number of carbonyl (C=O) groups is 1. The van der Waals surface area contributed by atoms with Crippen LogP contribution in [0.4, 0.5) is 13.2 Å². The van der Waals surface area contributed by atoms with Crippen LogP contribution >= 0.6 is 0 Å². The summed E-state index contributed by atoms with van der Waals surface area (Å²) in [6, 6.07) is 6.55. The van der Waals surface area contributed by atoms with E-state index in [1.165, 1.54) is 0 Å². The fourth-order valence-corrected chi connectivity index (χ4v) is 2.46. The Balaban J connectivity index is 2.01. The number of benzene rings is 1. The third-order valence-electron chi connectivity index (χ3n) is 3.66. The molecule has 116 valence electrons. The summed E-state index contributed by atoms with van der Waals surface area (Å²) in [5.41, 5.74) is 0.557. The highest BCUT2D eigenvalue weighted by molar-refractivity contribution is 5.79. The molecule has 0 radical (unpaired) electrons. The molecule has 1 fully saturated rings. The van der Waals surface area contributed by atoms with Crippen molar-refractivity contribution < 1.29 is 18.0 Å². The smallest absolute Gasteiger partial charge is 0.344 e. The maximum absolute atomic E-state index is 13.1. The van der Waals surface area contributed by atoms with E-state index in [0.29, 0.717) is 18.5 Å². The number of carbonyl (C=O) groups excluding carboxylic acids is 1. The van der Waals surface area contributed by atoms with Gasteiger partial charge in [-0.1, -0.05) is 30.3 Å². The summed E-state index contributed by atoms with van der Waals surface area (Å²) < 4.78 is 39.3. The van der Waals surface area contributed by atoms with Gasteiger partial charge in [0.25, 0.3) is 0 Å². The Hall–Kier alpha value is -1.56. The minimum Gasteiger partial charge on any atom is -0.344 e. The number of amides is 1. The Bertz CT molecular complexity index is 456. The van der Waals surface area contributed by atoms with E-state index in [2.05, 4.69) is 10.6 Å². The standard InChI is InChI=1S/C15H19F3N2O/c16-15(17,18)13(9-11-5-2-1-3-6-11)20-14(21)12-7-4-8-19-10-12/h1-3,5-6,12-13,19H,4,7-10H2,(H,20,21). The van der Waals surface area contributed by atoms with Gasteiger partial charge in [0.2, 0.25) is 5.91 Å². The highest BCUT2D eigenvalue weighted by Gasteiger charge is 2.41. The van der Waals surface area contributed by atoms with Crippen molar-refractivity contribution in [2.45, 2.75) is 31.5 Å². The van der Waals surface area contributed by atoms with Crippen LogP contribution in [-0.4, -0.2) is 31.2 Å². The molecule has 1 heterocycles. The molecule has 2 N–H and O–H groups in total. The van der Waals surface area contributed by atoms with Gasteiger partial charge in [0.05, 0.1) is 5.92 Å². The van der Waals surface area contributed by atoms with Gasteiger partial charge < -0.3 is 10.6 Å². The normalized spacial score (nSPS) is 20.8. The van der Waals surface area contributed by atoms with Crippen LogP contribution in [0.1, 0.15) is 18.4 Å². The number of halogens is 3. The van der Waals surface area contributed by atoms with E-state index in [1.807, 2.05) is 0 Å². The fraction of sp³-hybridized carbons (Fsp3) is 0.533. The summed E-state index contributed by atoms with van der Waals surface area (Å²) >= 11 is 0. The second-order valence-corrected chi connectivity index (χ2v) is 5.34. The van der Waals surface area contributed by atoms with Crippen molar-refractivity contribution in [3.05, 3.63) is 35.9 Å². The highest BCUT2D eigenvalue weighted by Crippen LogP contribution is 2.24. The monoisotopic (exact) mass is 300 g/mol. The average Bonchev–Trinajstić information content (AvgIpc) is 2.47. The maximum Gasteiger partial charge on any atom is 0.408 e. The van der Waals surface area contributed by atoms with E-state index in [9.17, 15) is 18.0 Å². The average molecular weight is 300 g/mol. The van der Waals surface area contributed by atoms with Gasteiger partial charge in [-0.15, -0.1) is 0 Å². The van der Waals surface area contributed by atoms with Crippen LogP contribution in [-0.2, 0) is 11.2 Å². The number of hydrogen-bond acceptors (Lipinski definition) is 2. The van der Waals surface area contributed by atoms with Crippen LogP contribution in [0.25, 0.3) is 0 Å². The van der Waals surface area contributed by atoms with E-state index in [4.69, 9.17) is 0 Å². The van der Waals surface area contributed by atoms with Crippen molar-refractivity contribution >= 4 is 5.91 Å². The first-order valence-corrected chi connectivity index (χ1v) is 7.08. The van der Waals surface area contributed by atoms with Gasteiger partial charge in [-0.2, -0.15) is 13.2 Å². The molecule has 0 aromatic heterocycles. The largest absolute Gasteiger partial charge is 0.408 e. The number of piperidine rings is 1. The van der Waals surface area contributed by atoms with Crippen molar-refractivity contribution in [1.29, 1.82) is 0 Å². The van der Waals surface area contributed by atoms with Crippen molar-refractivity contribution in [3.8, 4) is 0 Å². The van der Waals surface area contributed by atoms with E-state index in [-0.39, 0.29) is 12.3 Å². The Labute approximate surface area is 121 Å². The second kappa shape index (κ2) is 6.93. The lowest BCUT2D eigenvalue weighted by molar-refractivity contribution is -0.162. The Morgan fingerprint density at radius 2 is 2.05 bits per heavy atom. The van der Waals surface area contributed by atoms with Crippen LogP contribution in [0.2, 0.25) is 0 Å². The molecule has 0 spiro atoms. The minimum absolute atomic E-state index is 0.240. The molecule has 1 amide bonds. The first-order chi connectivity index (χ1) is 9.97. The van der Waals surface area contributed by atoms with Crippen molar-refractivity contribution in [2.24, 2.45) is 5.92 Å². The molecule has 1 saturated heterocycles. The first-order valence-electron chi connectivity index (χ1n) is 7.08. The van der Waals surface area contributed by atoms with Gasteiger partial charge in [-0.25, -0.2) is 0 Å². The van der Waals surface area contributed by atoms with Gasteiger partial charge in [0.15, 0.2) is 0 Å². The molecule has 0 aliphatic carbocycles. The molecule has 0 saturated carbocycles. The van der Waals surface area contributed by atoms with Gasteiger partial charge in [-0.05, 0) is 24.9 Å². The molecule has 0 bridgehead atoms. The third-order valence-corrected chi connectivity index (χ3v) is 3.66. The van der Waals surface area contributed by atoms with E-state index in [0.717, 1.165) is 13.0 Å². The quantitative estimate of drug-likeness (QED) is 0.895. The van der Waals surface area contributed by atoms with E-state index < -0.39 is 18.1 Å². The molecular formula is C15H19F3N2O. The molecule has 2 rings (SSSR count). The Morgan fingerprint density at radius 3 is 2.62 bits per heavy atom. The Kier molecular flexibility index (Phi) is 5.22. The van der Waals surface area contributed by atoms with Gasteiger partial charge in [0.1, 0.15) is 6.04 Å². The molecule has 21 heavy (non-hydrogen) atoms. The summed E-state index contributed by atoms with van der Waals surface area (Å²) in [6.45, 7) is 1.26. The van der Waals surface area contributed by atoms with Crippen molar-refractivity contribution in [2.75, 3.05) is 13.1 Å². The molecule has 1 aliphatic rings. The van der Waals surface area contributed by atoms with E-state index in [1.54, 1.807) is 30.3 Å². The predicted octanol–water partition coefficient (Wildman–Crippen LogP) is 2.28. The van der Waals surface area contributed by atoms with Crippen LogP contribution in [0.3, 0.4) is 0 Å². The minimum atomic E-state index is -4.45. The molecule has 1 aromatic rings. The summed E-state index contributed by atoms with van der Waals surface area (Å²) in [7, 11) is 0. The molecule has 2 atom stereocenters. The number of alkyl halides is 3. The molecule has 2 unspecified atom stereocenters. The third kappa shape index (κ3) is 4.74. The summed E-state index contributed by atoms with van der Waals surface area (Å²) in [5, 5.41) is 5.21. The van der Waals surface area contributed by atoms with Crippen LogP contribution < -0.4 is 10.6 Å². The summed E-state index contributed by atoms with van der Waals surface area (Å²) in [4.78, 5) is 12.0. The molecule has 3 nitrogen and oxygen atoms in total. The first kappa shape index (κ1) is 15.8. The highest BCUT2D eigenvalue weighted by atomic mass is 19.4. The lowest BCUT2D eigenvalue weighted by Crippen LogP contribution is -2.51. The van der Waals surface area contributed by atoms with Crippen molar-refractivity contribution in [1.82, 2.24) is 10.6 Å². The maximum atomic E-state index is 13.1. The fourth-order valence-electron chi connectivity index (χ4n) is 2.46. The van der Waals surface area contributed by atoms with Crippen LogP contribution in [0, 0.1) is 5.92 Å². The second-order valence-electron chi connectivity index (χ2n) is 5.34. The van der Waals surface area contributed by atoms with Gasteiger partial charge in [-0.3, -0.25) is 4.79 Å². The predicted molar refractivity (Wildman–Crippen MR) is 73.7 cm³/mol. The Morgan fingerprint density at radius 1 is 1.33 bits per heavy atom. The van der Waals surface area contributed by atoms with Crippen LogP contribution in [0.5, 0.6) is 0 Å². The molecular weight excluding hydrogens is 281 g/mol. The number of nitrogens with one attached hydrogen (secondary N) is 2. The molecule has 6 heteroatoms. The lowest BCUT2D eigenvalue weighted by atomic mass is 9.97. The van der Waals surface area contributed by atoms with Gasteiger partial charge in [0, 0.05) is 13.0 Å². The summed E-state index contributed by atoms with van der Waals surface area (Å²) in [6.07, 6.45) is -3.24. The zero-order chi connectivity index (χ0) is 15.3. The van der Waals surface area contributed by atoms with E-state index >= 15 is 0 Å². The lowest BCUT2D eigenvalue weighted by Gasteiger charge is -2.27. The zero-order valence-electron chi connectivity index (χ0n) is 11.6. The molecule has 1 aliphatic heterocycles. The SMILES string of the molecule is O=C(NC(Cc1ccccc1)C(F)(F)F)C1CCCNC1. The zero-order valence-corrected chi connectivity index (χ0v) is 11.6. The topological polar surface area (TPSA) is 41.1 Å². The number of rotatable bonds is 4. The van der Waals surface area contributed by atoms with Gasteiger partial charge >= 0.3 is 6.18 Å². The summed E-state index contributed by atoms with van der Waals surface area (Å²) in [5.74, 6) is -0.889. The van der Waals surface area contributed by atoms with Crippen molar-refractivity contribution in [3.63, 3.8) is 0 Å². The number of hydrogen-bond donors (Lipinski definition) is 2.